The molecule has 138 valence electrons. The standard InChI is InChI=1S/C18H28N4O3/c1-11(2)7-14(5-6-23)10-19-17(24)8-15-12(3)20-16-9-18(25)21-22(16)13(15)4/h9,11,14,23H,5-8,10H2,1-4H3,(H,19,24)(H,21,25). The van der Waals surface area contributed by atoms with Crippen LogP contribution in [0.3, 0.4) is 0 Å². The van der Waals surface area contributed by atoms with E-state index in [1.165, 1.54) is 6.07 Å². The maximum atomic E-state index is 12.4. The quantitative estimate of drug-likeness (QED) is 0.670. The summed E-state index contributed by atoms with van der Waals surface area (Å²) in [5.74, 6) is 0.723. The van der Waals surface area contributed by atoms with Crippen molar-refractivity contribution in [2.45, 2.75) is 47.0 Å². The van der Waals surface area contributed by atoms with E-state index in [0.29, 0.717) is 24.5 Å². The van der Waals surface area contributed by atoms with Crippen molar-refractivity contribution in [3.8, 4) is 0 Å². The molecule has 1 unspecified atom stereocenters. The van der Waals surface area contributed by atoms with Crippen LogP contribution in [0.4, 0.5) is 0 Å². The number of hydrogen-bond donors (Lipinski definition) is 3. The van der Waals surface area contributed by atoms with Crippen LogP contribution in [0.15, 0.2) is 10.9 Å². The van der Waals surface area contributed by atoms with Gasteiger partial charge in [-0.15, -0.1) is 0 Å². The van der Waals surface area contributed by atoms with Crippen molar-refractivity contribution in [3.63, 3.8) is 0 Å². The number of rotatable bonds is 8. The van der Waals surface area contributed by atoms with E-state index < -0.39 is 0 Å². The van der Waals surface area contributed by atoms with Crippen LogP contribution in [0.25, 0.3) is 5.65 Å². The average Bonchev–Trinajstić information content (AvgIpc) is 2.89. The number of carbonyl (C=O) groups excluding carboxylic acids is 1. The van der Waals surface area contributed by atoms with Gasteiger partial charge in [0.2, 0.25) is 5.91 Å². The number of aryl methyl sites for hydroxylation is 2. The second kappa shape index (κ2) is 8.29. The molecule has 1 amide bonds. The lowest BCUT2D eigenvalue weighted by Gasteiger charge is -2.19. The third kappa shape index (κ3) is 4.92. The van der Waals surface area contributed by atoms with Crippen LogP contribution >= 0.6 is 0 Å². The van der Waals surface area contributed by atoms with Crippen molar-refractivity contribution >= 4 is 11.6 Å². The van der Waals surface area contributed by atoms with Crippen molar-refractivity contribution in [2.75, 3.05) is 13.2 Å². The predicted molar refractivity (Wildman–Crippen MR) is 96.6 cm³/mol. The van der Waals surface area contributed by atoms with Crippen molar-refractivity contribution in [3.05, 3.63) is 33.4 Å². The van der Waals surface area contributed by atoms with Crippen molar-refractivity contribution in [2.24, 2.45) is 11.8 Å². The van der Waals surface area contributed by atoms with Gasteiger partial charge in [0.1, 0.15) is 0 Å². The van der Waals surface area contributed by atoms with Crippen LogP contribution in [0.2, 0.25) is 0 Å². The molecule has 2 aromatic rings. The first-order chi connectivity index (χ1) is 11.8. The Morgan fingerprint density at radius 3 is 2.76 bits per heavy atom. The maximum Gasteiger partial charge on any atom is 0.266 e. The summed E-state index contributed by atoms with van der Waals surface area (Å²) in [7, 11) is 0. The van der Waals surface area contributed by atoms with Gasteiger partial charge in [0, 0.05) is 36.2 Å². The third-order valence-corrected chi connectivity index (χ3v) is 4.47. The van der Waals surface area contributed by atoms with Gasteiger partial charge in [0.15, 0.2) is 5.65 Å². The van der Waals surface area contributed by atoms with Gasteiger partial charge in [-0.05, 0) is 38.5 Å². The second-order valence-corrected chi connectivity index (χ2v) is 7.06. The number of fused-ring (bicyclic) bond motifs is 1. The van der Waals surface area contributed by atoms with Crippen LogP contribution in [0, 0.1) is 25.7 Å². The zero-order valence-electron chi connectivity index (χ0n) is 15.4. The topological polar surface area (TPSA) is 99.5 Å². The number of H-pyrrole nitrogens is 1. The summed E-state index contributed by atoms with van der Waals surface area (Å²) >= 11 is 0. The van der Waals surface area contributed by atoms with Gasteiger partial charge in [-0.25, -0.2) is 9.50 Å². The molecule has 0 spiro atoms. The lowest BCUT2D eigenvalue weighted by atomic mass is 9.94. The van der Waals surface area contributed by atoms with E-state index in [-0.39, 0.29) is 30.4 Å². The Hall–Kier alpha value is -2.15. The molecular formula is C18H28N4O3. The van der Waals surface area contributed by atoms with Crippen molar-refractivity contribution < 1.29 is 9.90 Å². The minimum Gasteiger partial charge on any atom is -0.396 e. The molecule has 3 N–H and O–H groups in total. The molecule has 0 aliphatic carbocycles. The molecule has 2 heterocycles. The molecule has 25 heavy (non-hydrogen) atoms. The number of aliphatic hydroxyl groups is 1. The number of aromatic amines is 1. The van der Waals surface area contributed by atoms with E-state index in [4.69, 9.17) is 0 Å². The van der Waals surface area contributed by atoms with Gasteiger partial charge >= 0.3 is 0 Å². The summed E-state index contributed by atoms with van der Waals surface area (Å²) < 4.78 is 1.62. The summed E-state index contributed by atoms with van der Waals surface area (Å²) in [5.41, 5.74) is 2.73. The molecule has 7 nitrogen and oxygen atoms in total. The molecule has 7 heteroatoms. The molecule has 0 radical (unpaired) electrons. The highest BCUT2D eigenvalue weighted by Crippen LogP contribution is 2.16. The fraction of sp³-hybridized carbons (Fsp3) is 0.611. The minimum absolute atomic E-state index is 0.0754. The smallest absolute Gasteiger partial charge is 0.266 e. The molecular weight excluding hydrogens is 320 g/mol. The number of nitrogens with zero attached hydrogens (tertiary/aromatic N) is 2. The average molecular weight is 348 g/mol. The summed E-state index contributed by atoms with van der Waals surface area (Å²) in [4.78, 5) is 28.3. The van der Waals surface area contributed by atoms with Crippen LogP contribution in [0.1, 0.15) is 43.6 Å². The molecule has 0 bridgehead atoms. The lowest BCUT2D eigenvalue weighted by Crippen LogP contribution is -2.32. The maximum absolute atomic E-state index is 12.4. The SMILES string of the molecule is Cc1nc2cc(=O)[nH]n2c(C)c1CC(=O)NCC(CCO)CC(C)C. The Morgan fingerprint density at radius 2 is 2.12 bits per heavy atom. The van der Waals surface area contributed by atoms with E-state index in [2.05, 4.69) is 29.2 Å². The van der Waals surface area contributed by atoms with Crippen molar-refractivity contribution in [1.29, 1.82) is 0 Å². The first-order valence-electron chi connectivity index (χ1n) is 8.77. The van der Waals surface area contributed by atoms with Gasteiger partial charge in [-0.2, -0.15) is 0 Å². The Bertz CT molecular complexity index is 791. The van der Waals surface area contributed by atoms with Crippen LogP contribution in [0.5, 0.6) is 0 Å². The van der Waals surface area contributed by atoms with Crippen molar-refractivity contribution in [1.82, 2.24) is 19.9 Å². The number of aromatic nitrogens is 3. The minimum atomic E-state index is -0.211. The fourth-order valence-electron chi connectivity index (χ4n) is 3.25. The highest BCUT2D eigenvalue weighted by Gasteiger charge is 2.16. The second-order valence-electron chi connectivity index (χ2n) is 7.06. The summed E-state index contributed by atoms with van der Waals surface area (Å²) in [6, 6.07) is 1.44. The number of carbonyl (C=O) groups is 1. The molecule has 0 fully saturated rings. The lowest BCUT2D eigenvalue weighted by molar-refractivity contribution is -0.120. The molecule has 0 saturated heterocycles. The largest absolute Gasteiger partial charge is 0.396 e. The number of amides is 1. The molecule has 0 aromatic carbocycles. The first-order valence-corrected chi connectivity index (χ1v) is 8.77. The van der Waals surface area contributed by atoms with E-state index >= 15 is 0 Å². The molecule has 0 aliphatic heterocycles. The molecule has 1 atom stereocenters. The molecule has 2 aromatic heterocycles. The highest BCUT2D eigenvalue weighted by molar-refractivity contribution is 5.79. The van der Waals surface area contributed by atoms with E-state index in [9.17, 15) is 14.7 Å². The van der Waals surface area contributed by atoms with Crippen LogP contribution in [-0.4, -0.2) is 38.8 Å². The van der Waals surface area contributed by atoms with Gasteiger partial charge < -0.3 is 10.4 Å². The Labute approximate surface area is 147 Å². The summed E-state index contributed by atoms with van der Waals surface area (Å²) in [5, 5.41) is 14.8. The zero-order valence-corrected chi connectivity index (χ0v) is 15.4. The van der Waals surface area contributed by atoms with Crippen LogP contribution < -0.4 is 10.9 Å². The van der Waals surface area contributed by atoms with Crippen LogP contribution in [-0.2, 0) is 11.2 Å². The number of nitrogens with one attached hydrogen (secondary N) is 2. The van der Waals surface area contributed by atoms with Gasteiger partial charge in [-0.3, -0.25) is 14.7 Å². The van der Waals surface area contributed by atoms with E-state index in [0.717, 1.165) is 23.4 Å². The predicted octanol–water partition coefficient (Wildman–Crippen LogP) is 1.34. The fourth-order valence-corrected chi connectivity index (χ4v) is 3.25. The van der Waals surface area contributed by atoms with E-state index in [1.807, 2.05) is 13.8 Å². The number of hydrogen-bond acceptors (Lipinski definition) is 4. The van der Waals surface area contributed by atoms with Gasteiger partial charge in [0.25, 0.3) is 5.56 Å². The summed E-state index contributed by atoms with van der Waals surface area (Å²) in [6.07, 6.45) is 1.87. The third-order valence-electron chi connectivity index (χ3n) is 4.47. The highest BCUT2D eigenvalue weighted by atomic mass is 16.3. The Morgan fingerprint density at radius 1 is 1.40 bits per heavy atom. The summed E-state index contributed by atoms with van der Waals surface area (Å²) in [6.45, 7) is 8.68. The Balaban J connectivity index is 2.07. The molecule has 0 saturated carbocycles. The zero-order chi connectivity index (χ0) is 18.6. The Kier molecular flexibility index (Phi) is 6.36. The molecule has 2 rings (SSSR count). The monoisotopic (exact) mass is 348 g/mol. The normalized spacial score (nSPS) is 12.7. The van der Waals surface area contributed by atoms with E-state index in [1.54, 1.807) is 4.52 Å². The van der Waals surface area contributed by atoms with Gasteiger partial charge in [0.05, 0.1) is 6.42 Å². The first kappa shape index (κ1) is 19.2. The number of aliphatic hydroxyl groups excluding tert-OH is 1. The van der Waals surface area contributed by atoms with Gasteiger partial charge in [-0.1, -0.05) is 13.8 Å². The molecule has 0 aliphatic rings.